The van der Waals surface area contributed by atoms with Gasteiger partial charge in [0.05, 0.1) is 11.4 Å². The molecule has 1 aliphatic carbocycles. The Hall–Kier alpha value is -0.740. The summed E-state index contributed by atoms with van der Waals surface area (Å²) in [4.78, 5) is 9.04. The lowest BCUT2D eigenvalue weighted by Gasteiger charge is -2.04. The average Bonchev–Trinajstić information content (AvgIpc) is 2.52. The molecule has 0 aromatic carbocycles. The third-order valence-electron chi connectivity index (χ3n) is 2.94. The third-order valence-corrected chi connectivity index (χ3v) is 3.83. The fourth-order valence-corrected chi connectivity index (χ4v) is 2.76. The van der Waals surface area contributed by atoms with Crippen LogP contribution < -0.4 is 0 Å². The quantitative estimate of drug-likeness (QED) is 0.674. The largest absolute Gasteiger partial charge is 0.239 e. The molecular weight excluding hydrogens is 332 g/mol. The van der Waals surface area contributed by atoms with Gasteiger partial charge in [0, 0.05) is 5.92 Å². The lowest BCUT2D eigenvalue weighted by molar-refractivity contribution is 0.946. The van der Waals surface area contributed by atoms with Crippen molar-refractivity contribution in [2.24, 2.45) is 0 Å². The van der Waals surface area contributed by atoms with Crippen LogP contribution >= 0.6 is 31.9 Å². The first kappa shape index (κ1) is 10.4. The normalized spacial score (nSPS) is 13.7. The summed E-state index contributed by atoms with van der Waals surface area (Å²) in [6.45, 7) is 2.19. The van der Waals surface area contributed by atoms with Crippen LogP contribution in [0.1, 0.15) is 24.0 Å². The molecule has 0 unspecified atom stereocenters. The molecular formula is C12H8Br2N2. The van der Waals surface area contributed by atoms with Crippen molar-refractivity contribution in [3.8, 4) is 11.4 Å². The van der Waals surface area contributed by atoms with Gasteiger partial charge in [-0.3, -0.25) is 0 Å². The molecule has 0 atom stereocenters. The van der Waals surface area contributed by atoms with E-state index in [1.807, 2.05) is 12.1 Å². The van der Waals surface area contributed by atoms with Crippen LogP contribution in [0.3, 0.4) is 0 Å². The summed E-state index contributed by atoms with van der Waals surface area (Å²) in [6.07, 6.45) is 0. The number of nitrogens with zero attached hydrogens (tertiary/aromatic N) is 2. The van der Waals surface area contributed by atoms with E-state index in [1.165, 1.54) is 11.1 Å². The van der Waals surface area contributed by atoms with Crippen LogP contribution in [0.5, 0.6) is 0 Å². The Morgan fingerprint density at radius 1 is 0.875 bits per heavy atom. The molecule has 0 radical (unpaired) electrons. The van der Waals surface area contributed by atoms with E-state index in [-0.39, 0.29) is 0 Å². The van der Waals surface area contributed by atoms with E-state index < -0.39 is 0 Å². The highest BCUT2D eigenvalue weighted by molar-refractivity contribution is 9.10. The maximum atomic E-state index is 4.52. The molecule has 2 nitrogen and oxygen atoms in total. The van der Waals surface area contributed by atoms with Gasteiger partial charge >= 0.3 is 0 Å². The second-order valence-electron chi connectivity index (χ2n) is 3.87. The first-order valence-electron chi connectivity index (χ1n) is 5.00. The van der Waals surface area contributed by atoms with Crippen LogP contribution in [-0.4, -0.2) is 9.97 Å². The fourth-order valence-electron chi connectivity index (χ4n) is 2.14. The van der Waals surface area contributed by atoms with Gasteiger partial charge in [0.25, 0.3) is 0 Å². The summed E-state index contributed by atoms with van der Waals surface area (Å²) in [5, 5.41) is 0. The van der Waals surface area contributed by atoms with Crippen LogP contribution in [0.15, 0.2) is 33.5 Å². The molecule has 3 rings (SSSR count). The highest BCUT2D eigenvalue weighted by Crippen LogP contribution is 2.43. The van der Waals surface area contributed by atoms with Gasteiger partial charge in [0.2, 0.25) is 0 Å². The van der Waals surface area contributed by atoms with Crippen LogP contribution in [0, 0.1) is 0 Å². The van der Waals surface area contributed by atoms with Gasteiger partial charge in [0.15, 0.2) is 0 Å². The van der Waals surface area contributed by atoms with Gasteiger partial charge in [-0.2, -0.15) is 0 Å². The molecule has 0 bridgehead atoms. The van der Waals surface area contributed by atoms with Crippen LogP contribution in [0.2, 0.25) is 0 Å². The Balaban J connectivity index is 2.33. The van der Waals surface area contributed by atoms with Gasteiger partial charge in [0.1, 0.15) is 9.21 Å². The number of halogens is 2. The zero-order chi connectivity index (χ0) is 11.3. The lowest BCUT2D eigenvalue weighted by Crippen LogP contribution is -1.89. The molecule has 1 aliphatic rings. The summed E-state index contributed by atoms with van der Waals surface area (Å²) in [5.41, 5.74) is 4.50. The third kappa shape index (κ3) is 1.44. The Bertz CT molecular complexity index is 530. The molecule has 16 heavy (non-hydrogen) atoms. The van der Waals surface area contributed by atoms with Crippen molar-refractivity contribution in [2.75, 3.05) is 0 Å². The summed E-state index contributed by atoms with van der Waals surface area (Å²) >= 11 is 6.81. The maximum Gasteiger partial charge on any atom is 0.106 e. The maximum absolute atomic E-state index is 4.52. The number of fused-ring (bicyclic) bond motifs is 3. The summed E-state index contributed by atoms with van der Waals surface area (Å²) in [7, 11) is 0. The molecule has 2 aromatic heterocycles. The molecule has 2 heterocycles. The number of hydrogen-bond donors (Lipinski definition) is 0. The summed E-state index contributed by atoms with van der Waals surface area (Å²) < 4.78 is 1.71. The predicted molar refractivity (Wildman–Crippen MR) is 70.4 cm³/mol. The van der Waals surface area contributed by atoms with Crippen molar-refractivity contribution < 1.29 is 0 Å². The Kier molecular flexibility index (Phi) is 2.37. The predicted octanol–water partition coefficient (Wildman–Crippen LogP) is 4.13. The molecule has 0 saturated heterocycles. The zero-order valence-electron chi connectivity index (χ0n) is 8.54. The van der Waals surface area contributed by atoms with E-state index in [2.05, 4.69) is 60.9 Å². The van der Waals surface area contributed by atoms with Crippen LogP contribution in [-0.2, 0) is 0 Å². The van der Waals surface area contributed by atoms with E-state index in [9.17, 15) is 0 Å². The minimum atomic E-state index is 0.381. The molecule has 4 heteroatoms. The number of hydrogen-bond acceptors (Lipinski definition) is 2. The number of rotatable bonds is 0. The molecule has 80 valence electrons. The van der Waals surface area contributed by atoms with Crippen molar-refractivity contribution in [3.05, 3.63) is 44.6 Å². The van der Waals surface area contributed by atoms with Crippen molar-refractivity contribution in [3.63, 3.8) is 0 Å². The molecule has 2 aromatic rings. The highest BCUT2D eigenvalue weighted by atomic mass is 79.9. The molecule has 0 amide bonds. The number of pyridine rings is 2. The standard InChI is InChI=1S/C12H8Br2N2/c1-6-7-2-4-9(13)15-11(7)12-8(6)3-5-10(14)16-12/h2-6H,1H3. The molecule has 0 spiro atoms. The minimum Gasteiger partial charge on any atom is -0.239 e. The molecule has 0 fully saturated rings. The van der Waals surface area contributed by atoms with Crippen molar-refractivity contribution >= 4 is 31.9 Å². The van der Waals surface area contributed by atoms with Gasteiger partial charge in [-0.15, -0.1) is 0 Å². The minimum absolute atomic E-state index is 0.381. The Morgan fingerprint density at radius 3 is 1.75 bits per heavy atom. The zero-order valence-corrected chi connectivity index (χ0v) is 11.7. The van der Waals surface area contributed by atoms with E-state index >= 15 is 0 Å². The SMILES string of the molecule is CC1c2ccc(Br)nc2-c2nc(Br)ccc21. The summed E-state index contributed by atoms with van der Waals surface area (Å²) in [6, 6.07) is 8.20. The Morgan fingerprint density at radius 2 is 1.31 bits per heavy atom. The molecule has 0 aliphatic heterocycles. The van der Waals surface area contributed by atoms with E-state index in [1.54, 1.807) is 0 Å². The second-order valence-corrected chi connectivity index (χ2v) is 5.49. The van der Waals surface area contributed by atoms with Crippen LogP contribution in [0.25, 0.3) is 11.4 Å². The first-order valence-corrected chi connectivity index (χ1v) is 6.58. The van der Waals surface area contributed by atoms with E-state index in [0.29, 0.717) is 5.92 Å². The van der Waals surface area contributed by atoms with Gasteiger partial charge in [-0.05, 0) is 55.1 Å². The van der Waals surface area contributed by atoms with Crippen molar-refractivity contribution in [2.45, 2.75) is 12.8 Å². The van der Waals surface area contributed by atoms with Gasteiger partial charge in [-0.1, -0.05) is 19.1 Å². The van der Waals surface area contributed by atoms with E-state index in [0.717, 1.165) is 20.6 Å². The van der Waals surface area contributed by atoms with Crippen LogP contribution in [0.4, 0.5) is 0 Å². The highest BCUT2D eigenvalue weighted by Gasteiger charge is 2.28. The second kappa shape index (κ2) is 3.64. The van der Waals surface area contributed by atoms with Gasteiger partial charge < -0.3 is 0 Å². The van der Waals surface area contributed by atoms with Gasteiger partial charge in [-0.25, -0.2) is 9.97 Å². The van der Waals surface area contributed by atoms with Crippen molar-refractivity contribution in [1.82, 2.24) is 9.97 Å². The molecule has 0 N–H and O–H groups in total. The lowest BCUT2D eigenvalue weighted by atomic mass is 10.0. The average molecular weight is 340 g/mol. The smallest absolute Gasteiger partial charge is 0.106 e. The fraction of sp³-hybridized carbons (Fsp3) is 0.167. The van der Waals surface area contributed by atoms with E-state index in [4.69, 9.17) is 0 Å². The Labute approximate surface area is 110 Å². The monoisotopic (exact) mass is 338 g/mol. The topological polar surface area (TPSA) is 25.8 Å². The molecule has 0 saturated carbocycles. The first-order chi connectivity index (χ1) is 7.66. The number of aromatic nitrogens is 2. The van der Waals surface area contributed by atoms with Crippen molar-refractivity contribution in [1.29, 1.82) is 0 Å². The summed E-state index contributed by atoms with van der Waals surface area (Å²) in [5.74, 6) is 0.381.